The van der Waals surface area contributed by atoms with Crippen molar-refractivity contribution in [2.24, 2.45) is 35.3 Å². The molecule has 0 unspecified atom stereocenters. The highest BCUT2D eigenvalue weighted by Crippen LogP contribution is 2.45. The van der Waals surface area contributed by atoms with Crippen molar-refractivity contribution in [1.82, 2.24) is 46.6 Å². The monoisotopic (exact) mass is 1500 g/mol. The number of aliphatic hydroxyl groups is 1. The number of fused-ring (bicyclic) bond motifs is 3. The number of nitrogens with two attached hydrogens (primary N) is 1. The second-order valence-electron chi connectivity index (χ2n) is 30.1. The van der Waals surface area contributed by atoms with Gasteiger partial charge in [0.25, 0.3) is 0 Å². The first-order valence-electron chi connectivity index (χ1n) is 37.5. The maximum Gasteiger partial charge on any atom is 0.410 e. The van der Waals surface area contributed by atoms with Gasteiger partial charge in [-0.3, -0.25) is 33.7 Å². The lowest BCUT2D eigenvalue weighted by Gasteiger charge is -2.41. The Hall–Kier alpha value is -9.54. The maximum absolute atomic E-state index is 15.0. The molecule has 0 saturated carbocycles. The average Bonchev–Trinajstić information content (AvgIpc) is 1.61. The number of methoxy groups -OCH3 is 2. The molecule has 1 heterocycles. The summed E-state index contributed by atoms with van der Waals surface area (Å²) in [6.45, 7) is 22.9. The molecule has 0 spiro atoms. The van der Waals surface area contributed by atoms with Crippen LogP contribution in [0.15, 0.2) is 97.1 Å². The number of anilines is 1. The van der Waals surface area contributed by atoms with Crippen LogP contribution in [0.4, 0.5) is 24.9 Å². The second kappa shape index (κ2) is 41.1. The Morgan fingerprint density at radius 1 is 0.676 bits per heavy atom. The minimum absolute atomic E-state index is 0.00820. The van der Waals surface area contributed by atoms with Crippen LogP contribution in [0.25, 0.3) is 11.1 Å². The normalized spacial score (nSPS) is 16.5. The summed E-state index contributed by atoms with van der Waals surface area (Å²) in [5, 5.41) is 30.3. The summed E-state index contributed by atoms with van der Waals surface area (Å²) in [6.07, 6.45) is -3.02. The van der Waals surface area contributed by atoms with Gasteiger partial charge in [-0.25, -0.2) is 19.2 Å². The molecule has 6 rings (SSSR count). The van der Waals surface area contributed by atoms with Gasteiger partial charge >= 0.3 is 24.3 Å². The van der Waals surface area contributed by atoms with Crippen LogP contribution in [-0.4, -0.2) is 201 Å². The summed E-state index contributed by atoms with van der Waals surface area (Å²) < 4.78 is 35.3. The van der Waals surface area contributed by atoms with Crippen LogP contribution in [0.2, 0.25) is 0 Å². The number of likely N-dealkylation sites (tertiary alicyclic amines) is 1. The number of ether oxygens (including phenoxy) is 6. The van der Waals surface area contributed by atoms with Gasteiger partial charge in [-0.15, -0.1) is 0 Å². The quantitative estimate of drug-likeness (QED) is 0.0149. The van der Waals surface area contributed by atoms with Crippen molar-refractivity contribution in [2.45, 2.75) is 207 Å². The van der Waals surface area contributed by atoms with Crippen LogP contribution in [0.3, 0.4) is 0 Å². The van der Waals surface area contributed by atoms with E-state index < -0.39 is 138 Å². The van der Waals surface area contributed by atoms with Crippen LogP contribution < -0.4 is 47.7 Å². The summed E-state index contributed by atoms with van der Waals surface area (Å²) in [6, 6.07) is 22.1. The number of hydrogen-bond acceptors (Lipinski definition) is 17. The molecule has 594 valence electrons. The highest BCUT2D eigenvalue weighted by atomic mass is 16.6. The highest BCUT2D eigenvalue weighted by Gasteiger charge is 2.44. The fourth-order valence-corrected chi connectivity index (χ4v) is 14.0. The lowest BCUT2D eigenvalue weighted by Crippen LogP contribution is -2.60. The summed E-state index contributed by atoms with van der Waals surface area (Å²) in [4.78, 5) is 143. The Labute approximate surface area is 636 Å². The second-order valence-corrected chi connectivity index (χ2v) is 30.1. The molecule has 10 N–H and O–H groups in total. The van der Waals surface area contributed by atoms with E-state index >= 15 is 0 Å². The third-order valence-corrected chi connectivity index (χ3v) is 19.9. The number of rotatable bonds is 38. The summed E-state index contributed by atoms with van der Waals surface area (Å²) in [7, 11) is 6.03. The number of carbonyl (C=O) groups excluding carboxylic acids is 10. The largest absolute Gasteiger partial charge is 0.490 e. The minimum Gasteiger partial charge on any atom is -0.490 e. The molecule has 1 aliphatic heterocycles. The maximum atomic E-state index is 15.0. The highest BCUT2D eigenvalue weighted by molar-refractivity contribution is 5.99. The van der Waals surface area contributed by atoms with E-state index in [-0.39, 0.29) is 87.3 Å². The van der Waals surface area contributed by atoms with E-state index in [4.69, 9.17) is 34.2 Å². The van der Waals surface area contributed by atoms with Crippen molar-refractivity contribution in [3.05, 3.63) is 119 Å². The molecule has 108 heavy (non-hydrogen) atoms. The third kappa shape index (κ3) is 24.2. The van der Waals surface area contributed by atoms with E-state index in [1.165, 1.54) is 38.3 Å². The van der Waals surface area contributed by atoms with Gasteiger partial charge in [-0.1, -0.05) is 154 Å². The van der Waals surface area contributed by atoms with E-state index in [2.05, 4.69) is 37.2 Å². The number of alkyl carbamates (subject to hydrolysis) is 2. The Balaban J connectivity index is 1.14. The molecule has 1 saturated heterocycles. The molecule has 28 heteroatoms. The lowest BCUT2D eigenvalue weighted by atomic mass is 9.89. The zero-order chi connectivity index (χ0) is 79.9. The molecular formula is C80H117N11O17. The number of likely N-dealkylation sites (N-methyl/N-ethyl adjacent to an activating group) is 2. The van der Waals surface area contributed by atoms with Crippen molar-refractivity contribution in [1.29, 1.82) is 0 Å². The predicted molar refractivity (Wildman–Crippen MR) is 409 cm³/mol. The molecule has 12 atom stereocenters. The fraction of sp³-hybridized carbons (Fsp3) is 0.575. The van der Waals surface area contributed by atoms with Crippen molar-refractivity contribution < 1.29 is 81.5 Å². The molecule has 4 aromatic rings. The molecule has 0 bridgehead atoms. The van der Waals surface area contributed by atoms with Gasteiger partial charge in [0.15, 0.2) is 0 Å². The van der Waals surface area contributed by atoms with Crippen LogP contribution in [-0.2, 0) is 59.1 Å². The average molecular weight is 1500 g/mol. The molecule has 2 aliphatic rings. The minimum atomic E-state index is -1.27. The van der Waals surface area contributed by atoms with E-state index in [0.717, 1.165) is 27.2 Å². The zero-order valence-electron chi connectivity index (χ0n) is 65.9. The van der Waals surface area contributed by atoms with E-state index in [1.54, 1.807) is 106 Å². The number of primary amides is 1. The van der Waals surface area contributed by atoms with Crippen molar-refractivity contribution >= 4 is 65.4 Å². The van der Waals surface area contributed by atoms with Gasteiger partial charge in [-0.05, 0) is 123 Å². The predicted octanol–water partition coefficient (Wildman–Crippen LogP) is 8.92. The van der Waals surface area contributed by atoms with Gasteiger partial charge < -0.3 is 86.3 Å². The Morgan fingerprint density at radius 2 is 1.31 bits per heavy atom. The van der Waals surface area contributed by atoms with E-state index in [0.29, 0.717) is 36.9 Å². The first kappa shape index (κ1) is 87.4. The molecule has 11 amide bonds. The van der Waals surface area contributed by atoms with Crippen molar-refractivity contribution in [3.8, 4) is 16.9 Å². The number of benzene rings is 4. The van der Waals surface area contributed by atoms with Gasteiger partial charge in [0.1, 0.15) is 55.3 Å². The van der Waals surface area contributed by atoms with Gasteiger partial charge in [0.05, 0.1) is 61.0 Å². The number of nitrogens with zero attached hydrogens (tertiary/aromatic N) is 3. The number of carbonyl (C=O) groups is 10. The molecule has 0 aromatic heterocycles. The van der Waals surface area contributed by atoms with Crippen LogP contribution in [0.5, 0.6) is 5.75 Å². The first-order valence-corrected chi connectivity index (χ1v) is 37.5. The SMILES string of the molecule is CC[C@H](C)[C@@H]([C@@H](CC(=O)N1CCC[C@H]1[C@H](OC)[C@@H](C)C(=O)N[C@H](C)[C@@H](O)c1ccccc1)OC)N(C)C(=O)[C@@H](NC(=O)[C@H](C(C)C)N(C)C(=O)OCc1ccc(NC(=O)[C@H](CCCNC(N)=O)NC(=O)[C@@H](NC(=O)OCC2c3ccccc3-c3ccccc32)C(C)C)c(OCCNC(=O)OC(C)(C)C)c1)C(C)C. The number of amides is 11. The van der Waals surface area contributed by atoms with E-state index in [1.807, 2.05) is 80.6 Å². The number of aliphatic hydroxyl groups excluding tert-OH is 1. The number of urea groups is 1. The fourth-order valence-electron chi connectivity index (χ4n) is 14.0. The number of hydrogen-bond donors (Lipinski definition) is 9. The van der Waals surface area contributed by atoms with Crippen molar-refractivity contribution in [3.63, 3.8) is 0 Å². The van der Waals surface area contributed by atoms with Crippen LogP contribution in [0.1, 0.15) is 163 Å². The Kier molecular flexibility index (Phi) is 33.3. The smallest absolute Gasteiger partial charge is 0.410 e. The van der Waals surface area contributed by atoms with Gasteiger partial charge in [0, 0.05) is 47.3 Å². The molecular weight excluding hydrogens is 1390 g/mol. The standard InChI is InChI=1S/C80H117N11O17/c1-18-49(8)68(63(103-16)43-64(92)91-40-27-35-61(91)70(104-17)50(9)71(94)84-51(10)69(93)53-28-20-19-21-29-53)89(14)75(98)66(47(4)5)87-74(97)67(48(6)7)90(15)79(102)107-44-52-36-37-59(62(42-52)105-41-39-83-77(100)108-80(11,12)13)85-72(95)60(34-26-38-82-76(81)99)86-73(96)65(46(2)3)88-78(101)106-45-58-56-32-24-22-30-54(56)55-31-23-25-33-57(55)58/h19-25,28-33,36-37,42,46-51,58,60-61,63,65-70,93H,18,26-27,34-35,38-41,43-45H2,1-17H3,(H,83,100)(H,84,94)(H,85,95)(H,86,96)(H,87,97)(H,88,101)(H3,81,82,99)/t49-,50+,51+,60-,61-,63+,65-,66-,67-,68-,69+,70+/m0/s1. The molecule has 0 radical (unpaired) electrons. The van der Waals surface area contributed by atoms with Crippen LogP contribution in [0, 0.1) is 29.6 Å². The van der Waals surface area contributed by atoms with Crippen LogP contribution >= 0.6 is 0 Å². The summed E-state index contributed by atoms with van der Waals surface area (Å²) >= 11 is 0. The molecule has 1 aliphatic carbocycles. The van der Waals surface area contributed by atoms with Gasteiger partial charge in [0.2, 0.25) is 35.4 Å². The molecule has 4 aromatic carbocycles. The Morgan fingerprint density at radius 3 is 1.89 bits per heavy atom. The summed E-state index contributed by atoms with van der Waals surface area (Å²) in [5.74, 6) is -5.66. The zero-order valence-corrected chi connectivity index (χ0v) is 65.9. The van der Waals surface area contributed by atoms with E-state index in [9.17, 15) is 53.1 Å². The number of nitrogens with one attached hydrogen (secondary N) is 7. The van der Waals surface area contributed by atoms with Gasteiger partial charge in [-0.2, -0.15) is 0 Å². The Bertz CT molecular complexity index is 3640. The topological polar surface area (TPSA) is 366 Å². The molecule has 28 nitrogen and oxygen atoms in total. The van der Waals surface area contributed by atoms with Crippen molar-refractivity contribution in [2.75, 3.05) is 66.5 Å². The lowest BCUT2D eigenvalue weighted by molar-refractivity contribution is -0.148. The summed E-state index contributed by atoms with van der Waals surface area (Å²) in [5.41, 5.74) is 9.76. The first-order chi connectivity index (χ1) is 51.1. The molecule has 1 fully saturated rings. The third-order valence-electron chi connectivity index (χ3n) is 19.9.